The summed E-state index contributed by atoms with van der Waals surface area (Å²) in [5.41, 5.74) is 1.06. The number of fused-ring (bicyclic) bond motifs is 1. The normalized spacial score (nSPS) is 26.0. The monoisotopic (exact) mass is 327 g/mol. The minimum atomic E-state index is 0.322. The summed E-state index contributed by atoms with van der Waals surface area (Å²) in [6, 6.07) is 4.43. The molecule has 2 atom stereocenters. The Balaban J connectivity index is 1.76. The molecule has 2 aliphatic rings. The molecule has 0 aliphatic carbocycles. The fourth-order valence-corrected chi connectivity index (χ4v) is 2.96. The van der Waals surface area contributed by atoms with E-state index < -0.39 is 0 Å². The zero-order valence-corrected chi connectivity index (χ0v) is 12.5. The van der Waals surface area contributed by atoms with Gasteiger partial charge in [0.15, 0.2) is 11.5 Å². The molecule has 1 aromatic rings. The van der Waals surface area contributed by atoms with Crippen molar-refractivity contribution in [2.45, 2.75) is 31.9 Å². The Morgan fingerprint density at radius 1 is 1.16 bits per heavy atom. The average Bonchev–Trinajstić information content (AvgIpc) is 2.40. The molecule has 0 amide bonds. The molecule has 104 valence electrons. The van der Waals surface area contributed by atoms with Gasteiger partial charge in [-0.25, -0.2) is 0 Å². The molecule has 2 unspecified atom stereocenters. The third kappa shape index (κ3) is 2.98. The lowest BCUT2D eigenvalue weighted by atomic mass is 10.0. The summed E-state index contributed by atoms with van der Waals surface area (Å²) in [5.74, 6) is 1.63. The maximum Gasteiger partial charge on any atom is 0.163 e. The lowest BCUT2D eigenvalue weighted by Gasteiger charge is -2.29. The van der Waals surface area contributed by atoms with Gasteiger partial charge in [-0.05, 0) is 35.7 Å². The van der Waals surface area contributed by atoms with Gasteiger partial charge in [0.2, 0.25) is 0 Å². The molecule has 1 fully saturated rings. The molecule has 0 spiro atoms. The number of halogens is 1. The molecule has 4 nitrogen and oxygen atoms in total. The van der Waals surface area contributed by atoms with Gasteiger partial charge in [-0.2, -0.15) is 0 Å². The van der Waals surface area contributed by atoms with E-state index in [-0.39, 0.29) is 0 Å². The van der Waals surface area contributed by atoms with Crippen LogP contribution in [0.25, 0.3) is 0 Å². The minimum absolute atomic E-state index is 0.322. The molecule has 5 heteroatoms. The Morgan fingerprint density at radius 3 is 2.63 bits per heavy atom. The van der Waals surface area contributed by atoms with E-state index >= 15 is 0 Å². The van der Waals surface area contributed by atoms with Crippen LogP contribution in [0.5, 0.6) is 11.5 Å². The molecule has 1 N–H and O–H groups in total. The highest BCUT2D eigenvalue weighted by atomic mass is 79.9. The molecule has 3 rings (SSSR count). The summed E-state index contributed by atoms with van der Waals surface area (Å²) in [4.78, 5) is 0. The largest absolute Gasteiger partial charge is 0.486 e. The van der Waals surface area contributed by atoms with Crippen LogP contribution in [0.3, 0.4) is 0 Å². The van der Waals surface area contributed by atoms with Gasteiger partial charge >= 0.3 is 0 Å². The molecule has 2 aliphatic heterocycles. The van der Waals surface area contributed by atoms with Crippen LogP contribution in [0.4, 0.5) is 5.69 Å². The number of hydrogen-bond donors (Lipinski definition) is 1. The number of anilines is 1. The summed E-state index contributed by atoms with van der Waals surface area (Å²) in [6.45, 7) is 4.17. The summed E-state index contributed by atoms with van der Waals surface area (Å²) in [6.07, 6.45) is 2.38. The van der Waals surface area contributed by atoms with Gasteiger partial charge in [-0.3, -0.25) is 0 Å². The van der Waals surface area contributed by atoms with Crippen LogP contribution in [-0.4, -0.2) is 32.0 Å². The van der Waals surface area contributed by atoms with Crippen LogP contribution in [0.2, 0.25) is 0 Å². The molecule has 0 aromatic heterocycles. The van der Waals surface area contributed by atoms with Crippen molar-refractivity contribution >= 4 is 21.6 Å². The van der Waals surface area contributed by atoms with Crippen LogP contribution in [0.1, 0.15) is 19.8 Å². The van der Waals surface area contributed by atoms with Crippen molar-refractivity contribution < 1.29 is 14.2 Å². The zero-order valence-electron chi connectivity index (χ0n) is 10.9. The topological polar surface area (TPSA) is 39.7 Å². The highest BCUT2D eigenvalue weighted by molar-refractivity contribution is 9.10. The summed E-state index contributed by atoms with van der Waals surface area (Å²) < 4.78 is 17.8. The standard InChI is InChI=1S/C14H18BrNO3/c1-9-6-10(2-3-17-9)16-12-8-14-13(7-11(12)15)18-4-5-19-14/h7-10,16H,2-6H2,1H3. The number of nitrogens with one attached hydrogen (secondary N) is 1. The Labute approximate surface area is 121 Å². The van der Waals surface area contributed by atoms with Crippen LogP contribution < -0.4 is 14.8 Å². The lowest BCUT2D eigenvalue weighted by Crippen LogP contribution is -2.32. The predicted octanol–water partition coefficient (Wildman–Crippen LogP) is 3.20. The maximum atomic E-state index is 5.62. The first-order valence-corrected chi connectivity index (χ1v) is 7.49. The second kappa shape index (κ2) is 5.59. The highest BCUT2D eigenvalue weighted by Crippen LogP contribution is 2.38. The molecule has 1 aromatic carbocycles. The first-order valence-electron chi connectivity index (χ1n) is 6.69. The van der Waals surface area contributed by atoms with Crippen molar-refractivity contribution in [3.63, 3.8) is 0 Å². The van der Waals surface area contributed by atoms with E-state index in [2.05, 4.69) is 28.2 Å². The second-order valence-electron chi connectivity index (χ2n) is 5.02. The third-order valence-corrected chi connectivity index (χ3v) is 4.13. The van der Waals surface area contributed by atoms with Gasteiger partial charge in [-0.1, -0.05) is 0 Å². The van der Waals surface area contributed by atoms with E-state index in [0.717, 1.165) is 41.1 Å². The predicted molar refractivity (Wildman–Crippen MR) is 77.2 cm³/mol. The van der Waals surface area contributed by atoms with Gasteiger partial charge in [0.1, 0.15) is 13.2 Å². The number of ether oxygens (including phenoxy) is 3. The summed E-state index contributed by atoms with van der Waals surface area (Å²) in [5, 5.41) is 3.57. The SMILES string of the molecule is CC1CC(Nc2cc3c(cc2Br)OCCO3)CCO1. The van der Waals surface area contributed by atoms with Crippen LogP contribution in [-0.2, 0) is 4.74 Å². The quantitative estimate of drug-likeness (QED) is 0.905. The number of rotatable bonds is 2. The van der Waals surface area contributed by atoms with E-state index in [9.17, 15) is 0 Å². The van der Waals surface area contributed by atoms with Crippen molar-refractivity contribution in [3.05, 3.63) is 16.6 Å². The Hall–Kier alpha value is -0.940. The molecule has 1 saturated heterocycles. The molecule has 0 radical (unpaired) electrons. The minimum Gasteiger partial charge on any atom is -0.486 e. The Morgan fingerprint density at radius 2 is 1.89 bits per heavy atom. The second-order valence-corrected chi connectivity index (χ2v) is 5.88. The fourth-order valence-electron chi connectivity index (χ4n) is 2.52. The summed E-state index contributed by atoms with van der Waals surface area (Å²) in [7, 11) is 0. The first kappa shape index (κ1) is 13.1. The fraction of sp³-hybridized carbons (Fsp3) is 0.571. The van der Waals surface area contributed by atoms with Crippen LogP contribution in [0, 0.1) is 0 Å². The van der Waals surface area contributed by atoms with Crippen molar-refractivity contribution in [1.29, 1.82) is 0 Å². The molecule has 19 heavy (non-hydrogen) atoms. The average molecular weight is 328 g/mol. The Kier molecular flexibility index (Phi) is 3.84. The van der Waals surface area contributed by atoms with Crippen LogP contribution in [0.15, 0.2) is 16.6 Å². The van der Waals surface area contributed by atoms with Crippen molar-refractivity contribution in [1.82, 2.24) is 0 Å². The highest BCUT2D eigenvalue weighted by Gasteiger charge is 2.21. The molecular formula is C14H18BrNO3. The van der Waals surface area contributed by atoms with Crippen LogP contribution >= 0.6 is 15.9 Å². The van der Waals surface area contributed by atoms with Gasteiger partial charge in [0, 0.05) is 29.3 Å². The van der Waals surface area contributed by atoms with E-state index in [1.165, 1.54) is 0 Å². The Bertz CT molecular complexity index is 466. The van der Waals surface area contributed by atoms with Gasteiger partial charge < -0.3 is 19.5 Å². The smallest absolute Gasteiger partial charge is 0.163 e. The van der Waals surface area contributed by atoms with Crippen molar-refractivity contribution in [3.8, 4) is 11.5 Å². The van der Waals surface area contributed by atoms with E-state index in [4.69, 9.17) is 14.2 Å². The molecular weight excluding hydrogens is 310 g/mol. The zero-order chi connectivity index (χ0) is 13.2. The summed E-state index contributed by atoms with van der Waals surface area (Å²) >= 11 is 3.59. The first-order chi connectivity index (χ1) is 9.22. The lowest BCUT2D eigenvalue weighted by molar-refractivity contribution is 0.0232. The molecule has 2 heterocycles. The van der Waals surface area contributed by atoms with E-state index in [1.807, 2.05) is 12.1 Å². The van der Waals surface area contributed by atoms with Gasteiger partial charge in [0.05, 0.1) is 11.8 Å². The van der Waals surface area contributed by atoms with Gasteiger partial charge in [0.25, 0.3) is 0 Å². The van der Waals surface area contributed by atoms with Gasteiger partial charge in [-0.15, -0.1) is 0 Å². The number of hydrogen-bond acceptors (Lipinski definition) is 4. The third-order valence-electron chi connectivity index (χ3n) is 3.48. The maximum absolute atomic E-state index is 5.62. The van der Waals surface area contributed by atoms with Crippen molar-refractivity contribution in [2.75, 3.05) is 25.1 Å². The molecule has 0 bridgehead atoms. The van der Waals surface area contributed by atoms with E-state index in [0.29, 0.717) is 25.4 Å². The number of benzene rings is 1. The van der Waals surface area contributed by atoms with Crippen molar-refractivity contribution in [2.24, 2.45) is 0 Å². The molecule has 0 saturated carbocycles. The van der Waals surface area contributed by atoms with E-state index in [1.54, 1.807) is 0 Å².